The van der Waals surface area contributed by atoms with Crippen LogP contribution in [-0.4, -0.2) is 6.34 Å². The molecule has 0 bridgehead atoms. The Morgan fingerprint density at radius 2 is 2.20 bits per heavy atom. The van der Waals surface area contributed by atoms with Crippen molar-refractivity contribution in [2.75, 3.05) is 0 Å². The maximum absolute atomic E-state index is 5.15. The van der Waals surface area contributed by atoms with Gasteiger partial charge in [-0.15, -0.1) is 0 Å². The van der Waals surface area contributed by atoms with E-state index in [9.17, 15) is 0 Å². The highest BCUT2D eigenvalue weighted by Crippen LogP contribution is 2.06. The molecule has 0 aliphatic heterocycles. The van der Waals surface area contributed by atoms with Gasteiger partial charge in [0.2, 0.25) is 0 Å². The van der Waals surface area contributed by atoms with Crippen molar-refractivity contribution in [1.29, 1.82) is 0 Å². The van der Waals surface area contributed by atoms with E-state index in [0.29, 0.717) is 5.92 Å². The van der Waals surface area contributed by atoms with E-state index in [1.807, 2.05) is 0 Å². The van der Waals surface area contributed by atoms with Gasteiger partial charge in [0, 0.05) is 5.70 Å². The molecular weight excluding hydrogens is 124 g/mol. The van der Waals surface area contributed by atoms with Crippen molar-refractivity contribution in [2.24, 2.45) is 16.6 Å². The normalized spacial score (nSPS) is 13.4. The van der Waals surface area contributed by atoms with Crippen molar-refractivity contribution in [3.05, 3.63) is 11.8 Å². The van der Waals surface area contributed by atoms with Crippen LogP contribution >= 0.6 is 0 Å². The summed E-state index contributed by atoms with van der Waals surface area (Å²) < 4.78 is 0. The molecule has 0 aromatic rings. The summed E-state index contributed by atoms with van der Waals surface area (Å²) in [7, 11) is 0. The van der Waals surface area contributed by atoms with Crippen LogP contribution in [0.15, 0.2) is 16.8 Å². The molecule has 0 saturated carbocycles. The van der Waals surface area contributed by atoms with E-state index in [2.05, 4.69) is 31.8 Å². The molecule has 0 aliphatic rings. The van der Waals surface area contributed by atoms with E-state index >= 15 is 0 Å². The fraction of sp³-hybridized carbons (Fsp3) is 0.625. The molecule has 0 unspecified atom stereocenters. The summed E-state index contributed by atoms with van der Waals surface area (Å²) in [5, 5.41) is 0. The minimum atomic E-state index is 0.554. The fourth-order valence-electron chi connectivity index (χ4n) is 0.733. The molecule has 0 spiro atoms. The molecule has 2 heteroatoms. The Bertz CT molecular complexity index is 134. The van der Waals surface area contributed by atoms with Crippen LogP contribution in [0.1, 0.15) is 27.2 Å². The second-order valence-electron chi connectivity index (χ2n) is 2.53. The van der Waals surface area contributed by atoms with E-state index < -0.39 is 0 Å². The van der Waals surface area contributed by atoms with Gasteiger partial charge in [-0.2, -0.15) is 0 Å². The molecule has 0 amide bonds. The Kier molecular flexibility index (Phi) is 4.63. The average Bonchev–Trinajstić information content (AvgIpc) is 1.86. The third-order valence-corrected chi connectivity index (χ3v) is 1.13. The van der Waals surface area contributed by atoms with Crippen molar-refractivity contribution in [1.82, 2.24) is 0 Å². The third kappa shape index (κ3) is 4.13. The van der Waals surface area contributed by atoms with Gasteiger partial charge in [-0.3, -0.25) is 0 Å². The van der Waals surface area contributed by atoms with Gasteiger partial charge in [0.05, 0.1) is 6.34 Å². The van der Waals surface area contributed by atoms with Crippen molar-refractivity contribution >= 4 is 6.34 Å². The summed E-state index contributed by atoms with van der Waals surface area (Å²) in [6.07, 6.45) is 4.41. The van der Waals surface area contributed by atoms with Gasteiger partial charge in [0.15, 0.2) is 0 Å². The zero-order chi connectivity index (χ0) is 7.98. The molecule has 0 heterocycles. The van der Waals surface area contributed by atoms with Crippen LogP contribution in [0.4, 0.5) is 0 Å². The number of nitrogens with zero attached hydrogens (tertiary/aromatic N) is 1. The molecule has 0 aromatic heterocycles. The molecule has 0 aliphatic carbocycles. The van der Waals surface area contributed by atoms with Crippen molar-refractivity contribution in [3.8, 4) is 0 Å². The van der Waals surface area contributed by atoms with Gasteiger partial charge in [0.1, 0.15) is 0 Å². The quantitative estimate of drug-likeness (QED) is 0.472. The van der Waals surface area contributed by atoms with E-state index in [-0.39, 0.29) is 0 Å². The van der Waals surface area contributed by atoms with Crippen LogP contribution in [0, 0.1) is 5.92 Å². The lowest BCUT2D eigenvalue weighted by atomic mass is 10.1. The maximum atomic E-state index is 5.15. The summed E-state index contributed by atoms with van der Waals surface area (Å²) in [4.78, 5) is 4.00. The molecule has 0 radical (unpaired) electrons. The lowest BCUT2D eigenvalue weighted by molar-refractivity contribution is 0.810. The van der Waals surface area contributed by atoms with E-state index in [4.69, 9.17) is 5.73 Å². The van der Waals surface area contributed by atoms with Crippen molar-refractivity contribution in [2.45, 2.75) is 27.2 Å². The molecule has 2 nitrogen and oxygen atoms in total. The average molecular weight is 140 g/mol. The molecule has 58 valence electrons. The Morgan fingerprint density at radius 1 is 1.60 bits per heavy atom. The highest BCUT2D eigenvalue weighted by molar-refractivity contribution is 5.53. The van der Waals surface area contributed by atoms with Crippen molar-refractivity contribution in [3.63, 3.8) is 0 Å². The van der Waals surface area contributed by atoms with Gasteiger partial charge in [-0.25, -0.2) is 4.99 Å². The van der Waals surface area contributed by atoms with Crippen LogP contribution in [0.25, 0.3) is 0 Å². The molecule has 0 aromatic carbocycles. The molecule has 10 heavy (non-hydrogen) atoms. The Hall–Kier alpha value is -0.790. The van der Waals surface area contributed by atoms with Crippen LogP contribution < -0.4 is 5.73 Å². The van der Waals surface area contributed by atoms with E-state index in [0.717, 1.165) is 12.1 Å². The standard InChI is InChI=1S/C8H16N2/c1-4-8(10-6-9)5-7(2)3/h5-7H,4H2,1-3H3,(H2,9,10)/b8-5-. The highest BCUT2D eigenvalue weighted by Gasteiger charge is 1.90. The van der Waals surface area contributed by atoms with Crippen LogP contribution in [0.3, 0.4) is 0 Å². The summed E-state index contributed by atoms with van der Waals surface area (Å²) in [5.74, 6) is 0.554. The number of hydrogen-bond donors (Lipinski definition) is 1. The zero-order valence-corrected chi connectivity index (χ0v) is 6.96. The van der Waals surface area contributed by atoms with Crippen molar-refractivity contribution < 1.29 is 0 Å². The van der Waals surface area contributed by atoms with Crippen LogP contribution in [0.2, 0.25) is 0 Å². The first-order valence-corrected chi connectivity index (χ1v) is 3.65. The third-order valence-electron chi connectivity index (χ3n) is 1.13. The second kappa shape index (κ2) is 5.03. The smallest absolute Gasteiger partial charge is 0.0856 e. The molecule has 0 fully saturated rings. The first-order valence-electron chi connectivity index (χ1n) is 3.65. The number of rotatable bonds is 3. The lowest BCUT2D eigenvalue weighted by Gasteiger charge is -1.98. The SMILES string of the molecule is CC/C(=C/C(C)C)N=CN. The minimum Gasteiger partial charge on any atom is -0.390 e. The van der Waals surface area contributed by atoms with Crippen LogP contribution in [0.5, 0.6) is 0 Å². The largest absolute Gasteiger partial charge is 0.390 e. The highest BCUT2D eigenvalue weighted by atomic mass is 14.8. The topological polar surface area (TPSA) is 38.4 Å². The van der Waals surface area contributed by atoms with E-state index in [1.54, 1.807) is 0 Å². The maximum Gasteiger partial charge on any atom is 0.0856 e. The molecule has 2 N–H and O–H groups in total. The lowest BCUT2D eigenvalue weighted by Crippen LogP contribution is -1.91. The monoisotopic (exact) mass is 140 g/mol. The predicted octanol–water partition coefficient (Wildman–Crippen LogP) is 1.92. The zero-order valence-electron chi connectivity index (χ0n) is 6.96. The number of hydrogen-bond acceptors (Lipinski definition) is 1. The summed E-state index contributed by atoms with van der Waals surface area (Å²) >= 11 is 0. The molecule has 0 atom stereocenters. The van der Waals surface area contributed by atoms with Crippen LogP contribution in [-0.2, 0) is 0 Å². The number of aliphatic imine (C=N–C) groups is 1. The summed E-state index contributed by atoms with van der Waals surface area (Å²) in [6.45, 7) is 6.32. The van der Waals surface area contributed by atoms with Gasteiger partial charge in [-0.05, 0) is 12.3 Å². The summed E-state index contributed by atoms with van der Waals surface area (Å²) in [5.41, 5.74) is 6.22. The predicted molar refractivity (Wildman–Crippen MR) is 45.9 cm³/mol. The molecular formula is C8H16N2. The van der Waals surface area contributed by atoms with Gasteiger partial charge < -0.3 is 5.73 Å². The van der Waals surface area contributed by atoms with E-state index in [1.165, 1.54) is 6.34 Å². The number of nitrogens with two attached hydrogens (primary N) is 1. The fourth-order valence-corrected chi connectivity index (χ4v) is 0.733. The minimum absolute atomic E-state index is 0.554. The Balaban J connectivity index is 4.04. The Morgan fingerprint density at radius 3 is 2.50 bits per heavy atom. The summed E-state index contributed by atoms with van der Waals surface area (Å²) in [6, 6.07) is 0. The van der Waals surface area contributed by atoms with Gasteiger partial charge >= 0.3 is 0 Å². The molecule has 0 rings (SSSR count). The molecule has 0 saturated heterocycles. The first kappa shape index (κ1) is 9.21. The second-order valence-corrected chi connectivity index (χ2v) is 2.53. The number of allylic oxidation sites excluding steroid dienone is 2. The van der Waals surface area contributed by atoms with Gasteiger partial charge in [-0.1, -0.05) is 26.8 Å². The van der Waals surface area contributed by atoms with Gasteiger partial charge in [0.25, 0.3) is 0 Å². The first-order chi connectivity index (χ1) is 4.70. The Labute approximate surface area is 62.8 Å².